The molecule has 0 heterocycles. The highest BCUT2D eigenvalue weighted by molar-refractivity contribution is 6.12. The third-order valence-corrected chi connectivity index (χ3v) is 7.14. The first kappa shape index (κ1) is 23.7. The predicted molar refractivity (Wildman–Crippen MR) is 165 cm³/mol. The molecule has 0 aliphatic rings. The first-order chi connectivity index (χ1) is 18.6. The summed E-state index contributed by atoms with van der Waals surface area (Å²) >= 11 is 0. The average Bonchev–Trinajstić information content (AvgIpc) is 2.93. The smallest absolute Gasteiger partial charge is 0.0864 e. The van der Waals surface area contributed by atoms with Gasteiger partial charge in [-0.15, -0.1) is 0 Å². The molecule has 0 aliphatic carbocycles. The van der Waals surface area contributed by atoms with Crippen LogP contribution in [-0.4, -0.2) is 6.21 Å². The van der Waals surface area contributed by atoms with Crippen molar-refractivity contribution in [3.8, 4) is 11.1 Å². The number of hydrogen-bond donors (Lipinski definition) is 1. The maximum atomic E-state index is 4.92. The summed E-state index contributed by atoms with van der Waals surface area (Å²) < 4.78 is 0. The third kappa shape index (κ3) is 4.57. The predicted octanol–water partition coefficient (Wildman–Crippen LogP) is 10.1. The van der Waals surface area contributed by atoms with Gasteiger partial charge in [0.1, 0.15) is 0 Å². The number of fused-ring (bicyclic) bond motifs is 2. The van der Waals surface area contributed by atoms with Crippen LogP contribution in [0.4, 0.5) is 17.1 Å². The minimum absolute atomic E-state index is 0.910. The molecule has 0 aliphatic heterocycles. The van der Waals surface area contributed by atoms with Gasteiger partial charge in [0.2, 0.25) is 0 Å². The van der Waals surface area contributed by atoms with Crippen molar-refractivity contribution in [2.24, 2.45) is 4.99 Å². The molecule has 6 aromatic carbocycles. The second-order valence-corrected chi connectivity index (χ2v) is 9.99. The Morgan fingerprint density at radius 2 is 1.24 bits per heavy atom. The first-order valence-electron chi connectivity index (χ1n) is 13.1. The van der Waals surface area contributed by atoms with Crippen LogP contribution in [0.25, 0.3) is 32.7 Å². The van der Waals surface area contributed by atoms with Crippen LogP contribution in [0.1, 0.15) is 22.3 Å². The third-order valence-electron chi connectivity index (χ3n) is 7.14. The SMILES string of the molecule is Cc1cc(C)c(Nc2ccccc2N=Cc2cccc(-c3c4ccccc4cc4ccccc34)c2)c(C)c1. The van der Waals surface area contributed by atoms with E-state index in [1.54, 1.807) is 0 Å². The van der Waals surface area contributed by atoms with Crippen molar-refractivity contribution >= 4 is 44.8 Å². The van der Waals surface area contributed by atoms with E-state index < -0.39 is 0 Å². The summed E-state index contributed by atoms with van der Waals surface area (Å²) in [4.78, 5) is 4.92. The lowest BCUT2D eigenvalue weighted by molar-refractivity contribution is 1.31. The Kier molecular flexibility index (Phi) is 6.23. The zero-order valence-electron chi connectivity index (χ0n) is 22.0. The highest BCUT2D eigenvalue weighted by atomic mass is 14.9. The summed E-state index contributed by atoms with van der Waals surface area (Å²) in [7, 11) is 0. The van der Waals surface area contributed by atoms with E-state index in [2.05, 4.69) is 129 Å². The van der Waals surface area contributed by atoms with Gasteiger partial charge >= 0.3 is 0 Å². The Morgan fingerprint density at radius 3 is 1.95 bits per heavy atom. The van der Waals surface area contributed by atoms with Crippen LogP contribution in [0.5, 0.6) is 0 Å². The Balaban J connectivity index is 1.39. The lowest BCUT2D eigenvalue weighted by Gasteiger charge is -2.15. The minimum Gasteiger partial charge on any atom is -0.353 e. The molecule has 6 rings (SSSR count). The van der Waals surface area contributed by atoms with Crippen molar-refractivity contribution in [3.63, 3.8) is 0 Å². The molecule has 6 aromatic rings. The molecule has 0 atom stereocenters. The summed E-state index contributed by atoms with van der Waals surface area (Å²) in [6.07, 6.45) is 1.96. The van der Waals surface area contributed by atoms with E-state index in [-0.39, 0.29) is 0 Å². The van der Waals surface area contributed by atoms with E-state index in [1.165, 1.54) is 49.4 Å². The van der Waals surface area contributed by atoms with Crippen LogP contribution in [0.2, 0.25) is 0 Å². The molecule has 0 amide bonds. The van der Waals surface area contributed by atoms with Crippen LogP contribution < -0.4 is 5.32 Å². The van der Waals surface area contributed by atoms with Crippen molar-refractivity contribution in [1.29, 1.82) is 0 Å². The summed E-state index contributed by atoms with van der Waals surface area (Å²) in [6.45, 7) is 6.44. The zero-order valence-corrected chi connectivity index (χ0v) is 22.0. The lowest BCUT2D eigenvalue weighted by atomic mass is 9.91. The molecule has 2 heteroatoms. The van der Waals surface area contributed by atoms with E-state index in [4.69, 9.17) is 4.99 Å². The first-order valence-corrected chi connectivity index (χ1v) is 13.1. The van der Waals surface area contributed by atoms with E-state index >= 15 is 0 Å². The van der Waals surface area contributed by atoms with Gasteiger partial charge < -0.3 is 5.32 Å². The van der Waals surface area contributed by atoms with E-state index in [9.17, 15) is 0 Å². The topological polar surface area (TPSA) is 24.4 Å². The molecule has 0 spiro atoms. The van der Waals surface area contributed by atoms with Gasteiger partial charge in [-0.25, -0.2) is 0 Å². The summed E-state index contributed by atoms with van der Waals surface area (Å²) in [5.74, 6) is 0. The van der Waals surface area contributed by atoms with Crippen molar-refractivity contribution in [2.75, 3.05) is 5.32 Å². The number of nitrogens with one attached hydrogen (secondary N) is 1. The number of aliphatic imine (C=N–C) groups is 1. The number of nitrogens with zero attached hydrogens (tertiary/aromatic N) is 1. The van der Waals surface area contributed by atoms with Crippen molar-refractivity contribution in [3.05, 3.63) is 138 Å². The molecule has 0 fully saturated rings. The number of hydrogen-bond acceptors (Lipinski definition) is 2. The number of anilines is 2. The fourth-order valence-corrected chi connectivity index (χ4v) is 5.45. The highest BCUT2D eigenvalue weighted by Gasteiger charge is 2.10. The molecular weight excluding hydrogens is 460 g/mol. The Bertz CT molecular complexity index is 1750. The van der Waals surface area contributed by atoms with Crippen molar-refractivity contribution in [1.82, 2.24) is 0 Å². The van der Waals surface area contributed by atoms with Gasteiger partial charge in [-0.3, -0.25) is 4.99 Å². The number of aryl methyl sites for hydroxylation is 3. The Morgan fingerprint density at radius 1 is 0.605 bits per heavy atom. The Hall–Kier alpha value is -4.69. The van der Waals surface area contributed by atoms with Crippen LogP contribution >= 0.6 is 0 Å². The van der Waals surface area contributed by atoms with Crippen LogP contribution in [0.15, 0.2) is 120 Å². The average molecular weight is 491 g/mol. The van der Waals surface area contributed by atoms with E-state index in [0.717, 1.165) is 22.6 Å². The number of para-hydroxylation sites is 2. The van der Waals surface area contributed by atoms with Crippen molar-refractivity contribution < 1.29 is 0 Å². The fraction of sp³-hybridized carbons (Fsp3) is 0.0833. The van der Waals surface area contributed by atoms with Crippen LogP contribution in [0.3, 0.4) is 0 Å². The second kappa shape index (κ2) is 9.99. The van der Waals surface area contributed by atoms with Gasteiger partial charge in [-0.05, 0) is 94.4 Å². The molecule has 2 nitrogen and oxygen atoms in total. The minimum atomic E-state index is 0.910. The Labute approximate surface area is 224 Å². The fourth-order valence-electron chi connectivity index (χ4n) is 5.45. The van der Waals surface area contributed by atoms with Gasteiger partial charge in [0.15, 0.2) is 0 Å². The van der Waals surface area contributed by atoms with Gasteiger partial charge in [-0.2, -0.15) is 0 Å². The van der Waals surface area contributed by atoms with Gasteiger partial charge in [0.25, 0.3) is 0 Å². The molecule has 0 aromatic heterocycles. The summed E-state index contributed by atoms with van der Waals surface area (Å²) in [6, 6.07) is 40.9. The second-order valence-electron chi connectivity index (χ2n) is 9.99. The van der Waals surface area contributed by atoms with Crippen molar-refractivity contribution in [2.45, 2.75) is 20.8 Å². The van der Waals surface area contributed by atoms with Gasteiger partial charge in [0.05, 0.1) is 11.4 Å². The molecule has 0 saturated heterocycles. The molecule has 0 bridgehead atoms. The lowest BCUT2D eigenvalue weighted by Crippen LogP contribution is -1.97. The molecule has 184 valence electrons. The maximum Gasteiger partial charge on any atom is 0.0864 e. The quantitative estimate of drug-likeness (QED) is 0.189. The van der Waals surface area contributed by atoms with Crippen LogP contribution in [0, 0.1) is 20.8 Å². The molecular formula is C36H30N2. The van der Waals surface area contributed by atoms with Gasteiger partial charge in [-0.1, -0.05) is 96.6 Å². The normalized spacial score (nSPS) is 11.4. The van der Waals surface area contributed by atoms with Gasteiger partial charge in [0, 0.05) is 11.9 Å². The molecule has 0 unspecified atom stereocenters. The standard InChI is InChI=1S/C36H30N2/c1-24-19-25(2)36(26(3)20-24)38-34-18-9-8-17-33(34)37-23-27-11-10-14-30(21-27)35-31-15-6-4-12-28(31)22-29-13-5-7-16-32(29)35/h4-23,38H,1-3H3. The maximum absolute atomic E-state index is 4.92. The molecule has 0 saturated carbocycles. The number of rotatable bonds is 5. The summed E-state index contributed by atoms with van der Waals surface area (Å²) in [5, 5.41) is 8.67. The van der Waals surface area contributed by atoms with E-state index in [0.29, 0.717) is 0 Å². The number of benzene rings is 6. The highest BCUT2D eigenvalue weighted by Crippen LogP contribution is 2.37. The zero-order chi connectivity index (χ0) is 26.1. The summed E-state index contributed by atoms with van der Waals surface area (Å²) in [5.41, 5.74) is 10.3. The monoisotopic (exact) mass is 490 g/mol. The molecule has 38 heavy (non-hydrogen) atoms. The van der Waals surface area contributed by atoms with E-state index in [1.807, 2.05) is 18.3 Å². The molecule has 1 N–H and O–H groups in total. The molecule has 0 radical (unpaired) electrons. The van der Waals surface area contributed by atoms with Crippen LogP contribution in [-0.2, 0) is 0 Å². The largest absolute Gasteiger partial charge is 0.353 e.